The second kappa shape index (κ2) is 7.38. The van der Waals surface area contributed by atoms with Crippen LogP contribution in [0.4, 0.5) is 4.39 Å². The molecule has 0 saturated carbocycles. The predicted molar refractivity (Wildman–Crippen MR) is 68.0 cm³/mol. The molecule has 0 unspecified atom stereocenters. The van der Waals surface area contributed by atoms with E-state index in [4.69, 9.17) is 15.2 Å². The Morgan fingerprint density at radius 2 is 2.11 bits per heavy atom. The second-order valence-electron chi connectivity index (χ2n) is 3.61. The molecule has 2 N–H and O–H groups in total. The van der Waals surface area contributed by atoms with Gasteiger partial charge in [0.1, 0.15) is 23.9 Å². The molecule has 0 atom stereocenters. The number of ether oxygens (including phenoxy) is 3. The summed E-state index contributed by atoms with van der Waals surface area (Å²) in [5, 5.41) is 0. The first-order valence-corrected chi connectivity index (χ1v) is 5.55. The molecule has 0 aliphatic carbocycles. The van der Waals surface area contributed by atoms with Gasteiger partial charge in [-0.05, 0) is 18.2 Å². The topological polar surface area (TPSA) is 70.8 Å². The molecule has 0 amide bonds. The molecule has 0 fully saturated rings. The molecule has 0 heterocycles. The SMILES string of the molecule is COCCOc1cc(F)ccc1/C=C(\N)C(=O)OC. The Balaban J connectivity index is 2.96. The average Bonchev–Trinajstić information content (AvgIpc) is 2.40. The smallest absolute Gasteiger partial charge is 0.353 e. The summed E-state index contributed by atoms with van der Waals surface area (Å²) in [4.78, 5) is 11.2. The van der Waals surface area contributed by atoms with Crippen LogP contribution in [0.1, 0.15) is 5.56 Å². The minimum atomic E-state index is -0.660. The molecule has 0 bridgehead atoms. The van der Waals surface area contributed by atoms with Gasteiger partial charge in [-0.2, -0.15) is 0 Å². The monoisotopic (exact) mass is 269 g/mol. The summed E-state index contributed by atoms with van der Waals surface area (Å²) in [5.74, 6) is -0.822. The van der Waals surface area contributed by atoms with Gasteiger partial charge in [-0.25, -0.2) is 9.18 Å². The third kappa shape index (κ3) is 4.59. The fourth-order valence-corrected chi connectivity index (χ4v) is 1.33. The summed E-state index contributed by atoms with van der Waals surface area (Å²) in [6, 6.07) is 3.93. The third-order valence-electron chi connectivity index (χ3n) is 2.25. The highest BCUT2D eigenvalue weighted by molar-refractivity contribution is 5.92. The van der Waals surface area contributed by atoms with Gasteiger partial charge in [-0.15, -0.1) is 0 Å². The maximum absolute atomic E-state index is 13.2. The summed E-state index contributed by atoms with van der Waals surface area (Å²) in [7, 11) is 2.76. The molecule has 104 valence electrons. The largest absolute Gasteiger partial charge is 0.490 e. The van der Waals surface area contributed by atoms with Crippen LogP contribution in [0.25, 0.3) is 6.08 Å². The van der Waals surface area contributed by atoms with Crippen molar-refractivity contribution in [1.82, 2.24) is 0 Å². The van der Waals surface area contributed by atoms with E-state index in [-0.39, 0.29) is 18.1 Å². The summed E-state index contributed by atoms with van der Waals surface area (Å²) < 4.78 is 27.8. The fourth-order valence-electron chi connectivity index (χ4n) is 1.33. The van der Waals surface area contributed by atoms with Crippen molar-refractivity contribution in [3.8, 4) is 5.75 Å². The van der Waals surface area contributed by atoms with Crippen LogP contribution in [-0.2, 0) is 14.3 Å². The molecule has 1 aromatic rings. The van der Waals surface area contributed by atoms with Gasteiger partial charge in [-0.1, -0.05) is 0 Å². The van der Waals surface area contributed by atoms with Crippen molar-refractivity contribution >= 4 is 12.0 Å². The normalized spacial score (nSPS) is 11.2. The number of carbonyl (C=O) groups excluding carboxylic acids is 1. The van der Waals surface area contributed by atoms with Crippen molar-refractivity contribution in [3.05, 3.63) is 35.3 Å². The van der Waals surface area contributed by atoms with Crippen LogP contribution in [0.15, 0.2) is 23.9 Å². The van der Waals surface area contributed by atoms with Crippen molar-refractivity contribution in [3.63, 3.8) is 0 Å². The van der Waals surface area contributed by atoms with Crippen LogP contribution in [0.3, 0.4) is 0 Å². The summed E-state index contributed by atoms with van der Waals surface area (Å²) in [5.41, 5.74) is 5.93. The number of hydrogen-bond donors (Lipinski definition) is 1. The standard InChI is InChI=1S/C13H16FNO4/c1-17-5-6-19-12-8-10(14)4-3-9(12)7-11(15)13(16)18-2/h3-4,7-8H,5-6,15H2,1-2H3/b11-7-. The molecular weight excluding hydrogens is 253 g/mol. The summed E-state index contributed by atoms with van der Waals surface area (Å²) >= 11 is 0. The molecule has 19 heavy (non-hydrogen) atoms. The quantitative estimate of drug-likeness (QED) is 0.479. The highest BCUT2D eigenvalue weighted by atomic mass is 19.1. The van der Waals surface area contributed by atoms with Gasteiger partial charge < -0.3 is 19.9 Å². The van der Waals surface area contributed by atoms with Crippen molar-refractivity contribution in [1.29, 1.82) is 0 Å². The lowest BCUT2D eigenvalue weighted by atomic mass is 10.1. The Bertz CT molecular complexity index is 474. The summed E-state index contributed by atoms with van der Waals surface area (Å²) in [6.45, 7) is 0.630. The van der Waals surface area contributed by atoms with Crippen LogP contribution >= 0.6 is 0 Å². The van der Waals surface area contributed by atoms with E-state index in [2.05, 4.69) is 4.74 Å². The van der Waals surface area contributed by atoms with E-state index in [9.17, 15) is 9.18 Å². The van der Waals surface area contributed by atoms with E-state index in [0.29, 0.717) is 12.2 Å². The van der Waals surface area contributed by atoms with Crippen molar-refractivity contribution in [2.45, 2.75) is 0 Å². The lowest BCUT2D eigenvalue weighted by molar-refractivity contribution is -0.136. The van der Waals surface area contributed by atoms with E-state index in [1.54, 1.807) is 0 Å². The van der Waals surface area contributed by atoms with Crippen molar-refractivity contribution in [2.24, 2.45) is 5.73 Å². The van der Waals surface area contributed by atoms with Crippen molar-refractivity contribution < 1.29 is 23.4 Å². The van der Waals surface area contributed by atoms with Crippen LogP contribution < -0.4 is 10.5 Å². The van der Waals surface area contributed by atoms with Gasteiger partial charge in [0.25, 0.3) is 0 Å². The average molecular weight is 269 g/mol. The Hall–Kier alpha value is -2.08. The van der Waals surface area contributed by atoms with E-state index in [0.717, 1.165) is 0 Å². The van der Waals surface area contributed by atoms with Crippen LogP contribution in [-0.4, -0.2) is 33.4 Å². The Labute approximate surface area is 110 Å². The number of carbonyl (C=O) groups is 1. The fraction of sp³-hybridized carbons (Fsp3) is 0.308. The molecule has 1 aromatic carbocycles. The second-order valence-corrected chi connectivity index (χ2v) is 3.61. The zero-order chi connectivity index (χ0) is 14.3. The number of rotatable bonds is 6. The maximum atomic E-state index is 13.2. The van der Waals surface area contributed by atoms with E-state index < -0.39 is 11.8 Å². The van der Waals surface area contributed by atoms with Gasteiger partial charge in [0.2, 0.25) is 0 Å². The molecule has 0 aliphatic heterocycles. The summed E-state index contributed by atoms with van der Waals surface area (Å²) in [6.07, 6.45) is 1.37. The van der Waals surface area contributed by atoms with E-state index >= 15 is 0 Å². The van der Waals surface area contributed by atoms with Gasteiger partial charge in [0.05, 0.1) is 13.7 Å². The first kappa shape index (κ1) is 15.0. The first-order valence-electron chi connectivity index (χ1n) is 5.55. The molecule has 0 aromatic heterocycles. The minimum absolute atomic E-state index is 0.0919. The van der Waals surface area contributed by atoms with Crippen LogP contribution in [0.5, 0.6) is 5.75 Å². The van der Waals surface area contributed by atoms with E-state index in [1.807, 2.05) is 0 Å². The molecule has 0 saturated heterocycles. The van der Waals surface area contributed by atoms with Gasteiger partial charge in [0.15, 0.2) is 0 Å². The molecular formula is C13H16FNO4. The third-order valence-corrected chi connectivity index (χ3v) is 2.25. The number of nitrogens with two attached hydrogens (primary N) is 1. The Kier molecular flexibility index (Phi) is 5.81. The van der Waals surface area contributed by atoms with Crippen molar-refractivity contribution in [2.75, 3.05) is 27.4 Å². The number of hydrogen-bond acceptors (Lipinski definition) is 5. The molecule has 5 nitrogen and oxygen atoms in total. The highest BCUT2D eigenvalue weighted by Gasteiger charge is 2.08. The number of benzene rings is 1. The van der Waals surface area contributed by atoms with Crippen LogP contribution in [0.2, 0.25) is 0 Å². The molecule has 0 radical (unpaired) electrons. The van der Waals surface area contributed by atoms with Gasteiger partial charge in [0, 0.05) is 18.7 Å². The molecule has 1 rings (SSSR count). The lowest BCUT2D eigenvalue weighted by Crippen LogP contribution is -2.12. The van der Waals surface area contributed by atoms with Crippen LogP contribution in [0, 0.1) is 5.82 Å². The molecule has 6 heteroatoms. The molecule has 0 spiro atoms. The molecule has 0 aliphatic rings. The highest BCUT2D eigenvalue weighted by Crippen LogP contribution is 2.22. The maximum Gasteiger partial charge on any atom is 0.353 e. The van der Waals surface area contributed by atoms with Gasteiger partial charge in [-0.3, -0.25) is 0 Å². The first-order chi connectivity index (χ1) is 9.08. The predicted octanol–water partition coefficient (Wildman–Crippen LogP) is 1.32. The van der Waals surface area contributed by atoms with Gasteiger partial charge >= 0.3 is 5.97 Å². The Morgan fingerprint density at radius 3 is 2.74 bits per heavy atom. The number of esters is 1. The zero-order valence-corrected chi connectivity index (χ0v) is 10.8. The zero-order valence-electron chi connectivity index (χ0n) is 10.8. The minimum Gasteiger partial charge on any atom is -0.490 e. The van der Waals surface area contributed by atoms with E-state index in [1.165, 1.54) is 38.5 Å². The number of methoxy groups -OCH3 is 2. The lowest BCUT2D eigenvalue weighted by Gasteiger charge is -2.09. The number of halogens is 1. The Morgan fingerprint density at radius 1 is 1.37 bits per heavy atom.